The van der Waals surface area contributed by atoms with Crippen molar-refractivity contribution in [1.82, 2.24) is 20.3 Å². The number of fused-ring (bicyclic) bond motifs is 1. The maximum absolute atomic E-state index is 12.3. The molecule has 0 spiro atoms. The van der Waals surface area contributed by atoms with E-state index in [0.29, 0.717) is 18.8 Å². The number of hydrogen-bond donors (Lipinski definition) is 2. The molecule has 0 radical (unpaired) electrons. The predicted molar refractivity (Wildman–Crippen MR) is 91.1 cm³/mol. The first kappa shape index (κ1) is 16.9. The topological polar surface area (TPSA) is 100 Å². The van der Waals surface area contributed by atoms with Gasteiger partial charge in [-0.15, -0.1) is 0 Å². The summed E-state index contributed by atoms with van der Waals surface area (Å²) < 4.78 is 5.43. The number of rotatable bonds is 2. The first-order chi connectivity index (χ1) is 11.8. The molecule has 0 bridgehead atoms. The first-order valence-corrected chi connectivity index (χ1v) is 8.09. The van der Waals surface area contributed by atoms with Crippen LogP contribution < -0.4 is 5.32 Å². The fourth-order valence-electron chi connectivity index (χ4n) is 2.62. The van der Waals surface area contributed by atoms with Crippen LogP contribution in [0.1, 0.15) is 42.4 Å². The zero-order valence-electron chi connectivity index (χ0n) is 14.5. The summed E-state index contributed by atoms with van der Waals surface area (Å²) in [5.74, 6) is -0.339. The molecule has 1 aromatic heterocycles. The maximum atomic E-state index is 12.3. The third-order valence-electron chi connectivity index (χ3n) is 3.78. The number of nitrogens with zero attached hydrogens (tertiary/aromatic N) is 3. The standard InChI is InChI=1S/C17H21N5O3/c1-17(2,3)25-16(24)22-7-6-11-4-5-13(8-12(11)10-22)19-15(23)14-9-18-21-20-14/h4-5,8-9H,6-7,10H2,1-3H3,(H,19,23)(H,18,20,21). The first-order valence-electron chi connectivity index (χ1n) is 8.09. The molecule has 2 aromatic rings. The Labute approximate surface area is 145 Å². The number of carbonyl (C=O) groups excluding carboxylic acids is 2. The molecule has 8 nitrogen and oxygen atoms in total. The van der Waals surface area contributed by atoms with E-state index in [1.165, 1.54) is 11.8 Å². The van der Waals surface area contributed by atoms with Crippen LogP contribution in [-0.2, 0) is 17.7 Å². The number of hydrogen-bond acceptors (Lipinski definition) is 5. The highest BCUT2D eigenvalue weighted by atomic mass is 16.6. The van der Waals surface area contributed by atoms with E-state index in [1.807, 2.05) is 39.0 Å². The van der Waals surface area contributed by atoms with Gasteiger partial charge in [-0.1, -0.05) is 6.07 Å². The molecule has 1 aliphatic heterocycles. The number of aromatic nitrogens is 3. The average molecular weight is 343 g/mol. The Morgan fingerprint density at radius 2 is 2.08 bits per heavy atom. The minimum atomic E-state index is -0.523. The minimum Gasteiger partial charge on any atom is -0.444 e. The second kappa shape index (κ2) is 6.54. The van der Waals surface area contributed by atoms with Crippen molar-refractivity contribution >= 4 is 17.7 Å². The molecule has 0 aliphatic carbocycles. The van der Waals surface area contributed by atoms with Crippen LogP contribution in [0.2, 0.25) is 0 Å². The van der Waals surface area contributed by atoms with E-state index >= 15 is 0 Å². The van der Waals surface area contributed by atoms with Crippen molar-refractivity contribution in [2.45, 2.75) is 39.3 Å². The number of benzene rings is 1. The molecule has 0 unspecified atom stereocenters. The summed E-state index contributed by atoms with van der Waals surface area (Å²) >= 11 is 0. The van der Waals surface area contributed by atoms with Gasteiger partial charge in [-0.2, -0.15) is 15.4 Å². The second-order valence-electron chi connectivity index (χ2n) is 6.94. The number of ether oxygens (including phenoxy) is 1. The Morgan fingerprint density at radius 1 is 1.28 bits per heavy atom. The van der Waals surface area contributed by atoms with E-state index in [4.69, 9.17) is 4.74 Å². The molecule has 2 N–H and O–H groups in total. The van der Waals surface area contributed by atoms with Gasteiger partial charge in [-0.05, 0) is 50.5 Å². The summed E-state index contributed by atoms with van der Waals surface area (Å²) in [5, 5.41) is 12.6. The van der Waals surface area contributed by atoms with E-state index in [0.717, 1.165) is 12.0 Å². The third-order valence-corrected chi connectivity index (χ3v) is 3.78. The maximum Gasteiger partial charge on any atom is 0.410 e. The summed E-state index contributed by atoms with van der Waals surface area (Å²) in [6.45, 7) is 6.62. The quantitative estimate of drug-likeness (QED) is 0.872. The van der Waals surface area contributed by atoms with Crippen molar-refractivity contribution in [1.29, 1.82) is 0 Å². The lowest BCUT2D eigenvalue weighted by molar-refractivity contribution is 0.0224. The number of H-pyrrole nitrogens is 1. The molecule has 1 aromatic carbocycles. The molecule has 0 fully saturated rings. The minimum absolute atomic E-state index is 0.216. The monoisotopic (exact) mass is 343 g/mol. The van der Waals surface area contributed by atoms with E-state index in [1.54, 1.807) is 4.90 Å². The molecule has 0 atom stereocenters. The Kier molecular flexibility index (Phi) is 4.43. The molecule has 0 saturated heterocycles. The molecule has 25 heavy (non-hydrogen) atoms. The lowest BCUT2D eigenvalue weighted by atomic mass is 9.99. The third kappa shape index (κ3) is 4.14. The Bertz CT molecular complexity index is 780. The summed E-state index contributed by atoms with van der Waals surface area (Å²) in [5.41, 5.74) is 2.50. The fraction of sp³-hybridized carbons (Fsp3) is 0.412. The van der Waals surface area contributed by atoms with Crippen LogP contribution >= 0.6 is 0 Å². The Balaban J connectivity index is 1.71. The molecule has 132 valence electrons. The van der Waals surface area contributed by atoms with Crippen LogP contribution in [0.15, 0.2) is 24.4 Å². The fourth-order valence-corrected chi connectivity index (χ4v) is 2.62. The largest absolute Gasteiger partial charge is 0.444 e. The smallest absolute Gasteiger partial charge is 0.410 e. The van der Waals surface area contributed by atoms with E-state index < -0.39 is 5.60 Å². The van der Waals surface area contributed by atoms with Crippen LogP contribution in [0.5, 0.6) is 0 Å². The van der Waals surface area contributed by atoms with Gasteiger partial charge in [-0.3, -0.25) is 4.79 Å². The van der Waals surface area contributed by atoms with Crippen LogP contribution in [0.25, 0.3) is 0 Å². The van der Waals surface area contributed by atoms with Crippen molar-refractivity contribution in [3.63, 3.8) is 0 Å². The predicted octanol–water partition coefficient (Wildman–Crippen LogP) is 2.35. The number of carbonyl (C=O) groups is 2. The zero-order chi connectivity index (χ0) is 18.0. The number of amides is 2. The van der Waals surface area contributed by atoms with Crippen molar-refractivity contribution in [3.8, 4) is 0 Å². The average Bonchev–Trinajstić information content (AvgIpc) is 3.07. The van der Waals surface area contributed by atoms with Crippen molar-refractivity contribution in [2.24, 2.45) is 0 Å². The van der Waals surface area contributed by atoms with Gasteiger partial charge in [0, 0.05) is 18.8 Å². The SMILES string of the molecule is CC(C)(C)OC(=O)N1CCc2ccc(NC(=O)c3cn[nH]n3)cc2C1. The lowest BCUT2D eigenvalue weighted by Crippen LogP contribution is -2.39. The molecular formula is C17H21N5O3. The highest BCUT2D eigenvalue weighted by Crippen LogP contribution is 2.24. The second-order valence-corrected chi connectivity index (χ2v) is 6.94. The molecule has 0 saturated carbocycles. The van der Waals surface area contributed by atoms with Crippen LogP contribution in [0, 0.1) is 0 Å². The van der Waals surface area contributed by atoms with Gasteiger partial charge in [0.1, 0.15) is 5.60 Å². The molecule has 8 heteroatoms. The van der Waals surface area contributed by atoms with Crippen molar-refractivity contribution in [3.05, 3.63) is 41.2 Å². The van der Waals surface area contributed by atoms with Crippen LogP contribution in [-0.4, -0.2) is 44.5 Å². The van der Waals surface area contributed by atoms with E-state index in [9.17, 15) is 9.59 Å². The van der Waals surface area contributed by atoms with Gasteiger partial charge < -0.3 is 15.0 Å². The zero-order valence-corrected chi connectivity index (χ0v) is 14.5. The molecule has 2 heterocycles. The number of anilines is 1. The van der Waals surface area contributed by atoms with Crippen LogP contribution in [0.3, 0.4) is 0 Å². The summed E-state index contributed by atoms with van der Waals surface area (Å²) in [6.07, 6.45) is 1.79. The normalized spacial score (nSPS) is 14.0. The summed E-state index contributed by atoms with van der Waals surface area (Å²) in [7, 11) is 0. The summed E-state index contributed by atoms with van der Waals surface area (Å²) in [4.78, 5) is 26.0. The van der Waals surface area contributed by atoms with Gasteiger partial charge in [0.2, 0.25) is 0 Å². The van der Waals surface area contributed by atoms with Gasteiger partial charge in [0.05, 0.1) is 6.20 Å². The molecular weight excluding hydrogens is 322 g/mol. The highest BCUT2D eigenvalue weighted by Gasteiger charge is 2.26. The van der Waals surface area contributed by atoms with Crippen molar-refractivity contribution in [2.75, 3.05) is 11.9 Å². The molecule has 3 rings (SSSR count). The Hall–Kier alpha value is -2.90. The lowest BCUT2D eigenvalue weighted by Gasteiger charge is -2.31. The van der Waals surface area contributed by atoms with Gasteiger partial charge in [0.15, 0.2) is 5.69 Å². The van der Waals surface area contributed by atoms with Crippen molar-refractivity contribution < 1.29 is 14.3 Å². The van der Waals surface area contributed by atoms with Gasteiger partial charge >= 0.3 is 6.09 Å². The van der Waals surface area contributed by atoms with Crippen LogP contribution in [0.4, 0.5) is 10.5 Å². The summed E-state index contributed by atoms with van der Waals surface area (Å²) in [6, 6.07) is 5.70. The van der Waals surface area contributed by atoms with E-state index in [2.05, 4.69) is 20.7 Å². The number of nitrogens with one attached hydrogen (secondary N) is 2. The van der Waals surface area contributed by atoms with Gasteiger partial charge in [0.25, 0.3) is 5.91 Å². The highest BCUT2D eigenvalue weighted by molar-refractivity contribution is 6.02. The molecule has 2 amide bonds. The number of aromatic amines is 1. The Morgan fingerprint density at radius 3 is 2.76 bits per heavy atom. The molecule has 1 aliphatic rings. The van der Waals surface area contributed by atoms with Gasteiger partial charge in [-0.25, -0.2) is 4.79 Å². The van der Waals surface area contributed by atoms with E-state index in [-0.39, 0.29) is 17.7 Å².